The second kappa shape index (κ2) is 6.36. The van der Waals surface area contributed by atoms with Gasteiger partial charge in [-0.15, -0.1) is 5.10 Å². The number of nitrogens with one attached hydrogen (secondary N) is 2. The number of halogens is 1. The summed E-state index contributed by atoms with van der Waals surface area (Å²) in [5.74, 6) is 0.587. The van der Waals surface area contributed by atoms with Gasteiger partial charge in [-0.05, 0) is 24.5 Å². The first kappa shape index (κ1) is 14.8. The highest BCUT2D eigenvalue weighted by atomic mass is 35.5. The van der Waals surface area contributed by atoms with Gasteiger partial charge in [-0.1, -0.05) is 35.0 Å². The van der Waals surface area contributed by atoms with Crippen LogP contribution in [0.2, 0.25) is 5.02 Å². The van der Waals surface area contributed by atoms with Gasteiger partial charge in [0, 0.05) is 25.2 Å². The largest absolute Gasteiger partial charge is 0.369 e. The van der Waals surface area contributed by atoms with E-state index in [1.165, 1.54) is 0 Å². The molecule has 6 nitrogen and oxygen atoms in total. The normalized spacial score (nSPS) is 16.7. The van der Waals surface area contributed by atoms with E-state index in [0.717, 1.165) is 35.1 Å². The van der Waals surface area contributed by atoms with Gasteiger partial charge < -0.3 is 10.6 Å². The van der Waals surface area contributed by atoms with Crippen LogP contribution in [0.15, 0.2) is 24.3 Å². The molecule has 1 aromatic carbocycles. The Morgan fingerprint density at radius 1 is 1.50 bits per heavy atom. The van der Waals surface area contributed by atoms with E-state index in [0.29, 0.717) is 13.0 Å². The van der Waals surface area contributed by atoms with E-state index in [-0.39, 0.29) is 11.8 Å². The van der Waals surface area contributed by atoms with E-state index in [9.17, 15) is 4.79 Å². The number of hydrogen-bond acceptors (Lipinski definition) is 4. The van der Waals surface area contributed by atoms with E-state index < -0.39 is 0 Å². The fourth-order valence-corrected chi connectivity index (χ4v) is 2.91. The molecular formula is C15H18ClN5O. The molecule has 1 atom stereocenters. The molecule has 0 bridgehead atoms. The fraction of sp³-hybridized carbons (Fsp3) is 0.400. The molecule has 1 aliphatic heterocycles. The molecular weight excluding hydrogens is 302 g/mol. The number of aryl methyl sites for hydroxylation is 1. The van der Waals surface area contributed by atoms with Crippen LogP contribution in [0.1, 0.15) is 23.6 Å². The molecule has 1 aliphatic rings. The smallest absolute Gasteiger partial charge is 0.229 e. The second-order valence-corrected chi connectivity index (χ2v) is 5.75. The number of rotatable bonds is 4. The SMILES string of the molecule is Cn1nnc2c1NCCC2C(=O)NCCc1ccccc1Cl. The third-order valence-corrected chi connectivity index (χ3v) is 4.24. The summed E-state index contributed by atoms with van der Waals surface area (Å²) in [6, 6.07) is 7.67. The van der Waals surface area contributed by atoms with E-state index in [1.807, 2.05) is 31.3 Å². The summed E-state index contributed by atoms with van der Waals surface area (Å²) in [5, 5.41) is 15.0. The molecule has 22 heavy (non-hydrogen) atoms. The number of hydrogen-bond donors (Lipinski definition) is 2. The third kappa shape index (κ3) is 2.92. The Balaban J connectivity index is 1.60. The summed E-state index contributed by atoms with van der Waals surface area (Å²) in [7, 11) is 1.82. The van der Waals surface area contributed by atoms with Crippen LogP contribution in [0.3, 0.4) is 0 Å². The molecule has 1 amide bonds. The molecule has 1 unspecified atom stereocenters. The predicted octanol–water partition coefficient (Wildman–Crippen LogP) is 1.73. The lowest BCUT2D eigenvalue weighted by Gasteiger charge is -2.21. The Hall–Kier alpha value is -2.08. The van der Waals surface area contributed by atoms with Crippen LogP contribution in [-0.4, -0.2) is 34.0 Å². The molecule has 0 spiro atoms. The quantitative estimate of drug-likeness (QED) is 0.900. The molecule has 2 aromatic rings. The van der Waals surface area contributed by atoms with Crippen molar-refractivity contribution >= 4 is 23.3 Å². The lowest BCUT2D eigenvalue weighted by atomic mass is 9.97. The van der Waals surface area contributed by atoms with Crippen molar-refractivity contribution in [1.29, 1.82) is 0 Å². The van der Waals surface area contributed by atoms with Crippen LogP contribution in [0.4, 0.5) is 5.82 Å². The van der Waals surface area contributed by atoms with Crippen molar-refractivity contribution in [3.63, 3.8) is 0 Å². The maximum absolute atomic E-state index is 12.4. The molecule has 0 radical (unpaired) electrons. The highest BCUT2D eigenvalue weighted by molar-refractivity contribution is 6.31. The number of aromatic nitrogens is 3. The van der Waals surface area contributed by atoms with Gasteiger partial charge in [0.05, 0.1) is 5.92 Å². The molecule has 0 aliphatic carbocycles. The number of anilines is 1. The maximum atomic E-state index is 12.4. The molecule has 0 saturated heterocycles. The summed E-state index contributed by atoms with van der Waals surface area (Å²) in [4.78, 5) is 12.4. The number of amides is 1. The summed E-state index contributed by atoms with van der Waals surface area (Å²) in [5.41, 5.74) is 1.76. The monoisotopic (exact) mass is 319 g/mol. The molecule has 2 N–H and O–H groups in total. The fourth-order valence-electron chi connectivity index (χ4n) is 2.68. The number of nitrogens with zero attached hydrogens (tertiary/aromatic N) is 3. The van der Waals surface area contributed by atoms with E-state index in [2.05, 4.69) is 20.9 Å². The van der Waals surface area contributed by atoms with Crippen LogP contribution in [0, 0.1) is 0 Å². The number of carbonyl (C=O) groups is 1. The van der Waals surface area contributed by atoms with Crippen molar-refractivity contribution in [1.82, 2.24) is 20.3 Å². The zero-order valence-electron chi connectivity index (χ0n) is 12.3. The first-order chi connectivity index (χ1) is 10.7. The van der Waals surface area contributed by atoms with E-state index in [1.54, 1.807) is 4.68 Å². The van der Waals surface area contributed by atoms with E-state index in [4.69, 9.17) is 11.6 Å². The van der Waals surface area contributed by atoms with Crippen LogP contribution < -0.4 is 10.6 Å². The van der Waals surface area contributed by atoms with Gasteiger partial charge >= 0.3 is 0 Å². The maximum Gasteiger partial charge on any atom is 0.229 e. The number of carbonyl (C=O) groups excluding carboxylic acids is 1. The second-order valence-electron chi connectivity index (χ2n) is 5.35. The standard InChI is InChI=1S/C15H18ClN5O/c1-21-14-13(19-20-21)11(7-9-17-14)15(22)18-8-6-10-4-2-3-5-12(10)16/h2-5,11,17H,6-9H2,1H3,(H,18,22). The first-order valence-corrected chi connectivity index (χ1v) is 7.69. The highest BCUT2D eigenvalue weighted by Crippen LogP contribution is 2.29. The molecule has 1 aromatic heterocycles. The molecule has 0 saturated carbocycles. The zero-order valence-corrected chi connectivity index (χ0v) is 13.1. The minimum absolute atomic E-state index is 0.00435. The molecule has 2 heterocycles. The lowest BCUT2D eigenvalue weighted by molar-refractivity contribution is -0.122. The molecule has 116 valence electrons. The highest BCUT2D eigenvalue weighted by Gasteiger charge is 2.30. The zero-order chi connectivity index (χ0) is 15.5. The summed E-state index contributed by atoms with van der Waals surface area (Å²) < 4.78 is 1.67. The van der Waals surface area contributed by atoms with Gasteiger partial charge in [-0.3, -0.25) is 4.79 Å². The Labute approximate surface area is 133 Å². The minimum atomic E-state index is -0.240. The van der Waals surface area contributed by atoms with Crippen molar-refractivity contribution in [3.8, 4) is 0 Å². The van der Waals surface area contributed by atoms with Gasteiger partial charge in [0.15, 0.2) is 0 Å². The van der Waals surface area contributed by atoms with Crippen molar-refractivity contribution in [3.05, 3.63) is 40.5 Å². The molecule has 0 fully saturated rings. The van der Waals surface area contributed by atoms with Crippen molar-refractivity contribution in [2.45, 2.75) is 18.8 Å². The van der Waals surface area contributed by atoms with Crippen molar-refractivity contribution in [2.24, 2.45) is 7.05 Å². The summed E-state index contributed by atoms with van der Waals surface area (Å²) in [6.45, 7) is 1.30. The first-order valence-electron chi connectivity index (χ1n) is 7.31. The van der Waals surface area contributed by atoms with Gasteiger partial charge in [-0.25, -0.2) is 4.68 Å². The van der Waals surface area contributed by atoms with Crippen LogP contribution in [0.25, 0.3) is 0 Å². The van der Waals surface area contributed by atoms with E-state index >= 15 is 0 Å². The average molecular weight is 320 g/mol. The summed E-state index contributed by atoms with van der Waals surface area (Å²) >= 11 is 6.12. The van der Waals surface area contributed by atoms with Crippen LogP contribution in [0.5, 0.6) is 0 Å². The van der Waals surface area contributed by atoms with Crippen molar-refractivity contribution in [2.75, 3.05) is 18.4 Å². The topological polar surface area (TPSA) is 71.8 Å². The lowest BCUT2D eigenvalue weighted by Crippen LogP contribution is -2.34. The Bertz CT molecular complexity index is 684. The Morgan fingerprint density at radius 3 is 3.14 bits per heavy atom. The van der Waals surface area contributed by atoms with Gasteiger partial charge in [0.2, 0.25) is 5.91 Å². The average Bonchev–Trinajstić information content (AvgIpc) is 2.91. The predicted molar refractivity (Wildman–Crippen MR) is 85.0 cm³/mol. The Morgan fingerprint density at radius 2 is 2.32 bits per heavy atom. The summed E-state index contributed by atoms with van der Waals surface area (Å²) in [6.07, 6.45) is 1.44. The van der Waals surface area contributed by atoms with Crippen LogP contribution >= 0.6 is 11.6 Å². The van der Waals surface area contributed by atoms with Crippen LogP contribution in [-0.2, 0) is 18.3 Å². The number of fused-ring (bicyclic) bond motifs is 1. The van der Waals surface area contributed by atoms with Gasteiger partial charge in [0.1, 0.15) is 11.5 Å². The Kier molecular flexibility index (Phi) is 4.29. The molecule has 7 heteroatoms. The third-order valence-electron chi connectivity index (χ3n) is 3.88. The molecule has 3 rings (SSSR count). The number of benzene rings is 1. The van der Waals surface area contributed by atoms with Gasteiger partial charge in [-0.2, -0.15) is 0 Å². The van der Waals surface area contributed by atoms with Crippen molar-refractivity contribution < 1.29 is 4.79 Å². The van der Waals surface area contributed by atoms with Gasteiger partial charge in [0.25, 0.3) is 0 Å². The minimum Gasteiger partial charge on any atom is -0.369 e.